The zero-order valence-electron chi connectivity index (χ0n) is 21.7. The summed E-state index contributed by atoms with van der Waals surface area (Å²) in [5, 5.41) is 16.1. The third kappa shape index (κ3) is 5.65. The van der Waals surface area contributed by atoms with Crippen LogP contribution >= 0.6 is 0 Å². The van der Waals surface area contributed by atoms with Gasteiger partial charge in [0.05, 0.1) is 6.04 Å². The van der Waals surface area contributed by atoms with Gasteiger partial charge in [-0.1, -0.05) is 12.1 Å². The molecule has 206 valence electrons. The summed E-state index contributed by atoms with van der Waals surface area (Å²) in [7, 11) is 0. The Morgan fingerprint density at radius 1 is 1.03 bits per heavy atom. The lowest BCUT2D eigenvalue weighted by Gasteiger charge is -2.36. The first kappa shape index (κ1) is 25.8. The fourth-order valence-corrected chi connectivity index (χ4v) is 5.76. The Bertz CT molecular complexity index is 1370. The van der Waals surface area contributed by atoms with Gasteiger partial charge in [0.15, 0.2) is 17.3 Å². The van der Waals surface area contributed by atoms with E-state index in [1.807, 2.05) is 12.1 Å². The highest BCUT2D eigenvalue weighted by Gasteiger charge is 2.31. The molecule has 0 aliphatic carbocycles. The zero-order valence-corrected chi connectivity index (χ0v) is 21.7. The van der Waals surface area contributed by atoms with Gasteiger partial charge in [-0.3, -0.25) is 4.79 Å². The number of nitrogens with zero attached hydrogens (tertiary/aromatic N) is 2. The lowest BCUT2D eigenvalue weighted by Crippen LogP contribution is -2.51. The topological polar surface area (TPSA) is 74.3 Å². The molecule has 2 saturated heterocycles. The van der Waals surface area contributed by atoms with Crippen molar-refractivity contribution in [2.75, 3.05) is 50.8 Å². The summed E-state index contributed by atoms with van der Waals surface area (Å²) in [5.74, 6) is -0.459. The highest BCUT2D eigenvalue weighted by Crippen LogP contribution is 2.37. The molecule has 0 bridgehead atoms. The van der Waals surface area contributed by atoms with Crippen LogP contribution in [0.25, 0.3) is 10.8 Å². The van der Waals surface area contributed by atoms with Crippen molar-refractivity contribution in [3.8, 4) is 11.5 Å². The number of anilines is 1. The second kappa shape index (κ2) is 11.0. The van der Waals surface area contributed by atoms with E-state index in [1.54, 1.807) is 12.1 Å². The maximum atomic E-state index is 14.7. The maximum absolute atomic E-state index is 14.7. The van der Waals surface area contributed by atoms with Gasteiger partial charge in [0.1, 0.15) is 25.1 Å². The highest BCUT2D eigenvalue weighted by atomic mass is 19.1. The van der Waals surface area contributed by atoms with Gasteiger partial charge in [-0.05, 0) is 84.6 Å². The van der Waals surface area contributed by atoms with E-state index in [9.17, 15) is 18.7 Å². The fraction of sp³-hybridized carbons (Fsp3) is 0.433. The first-order chi connectivity index (χ1) is 18.9. The van der Waals surface area contributed by atoms with Crippen LogP contribution in [-0.2, 0) is 4.79 Å². The number of benzene rings is 3. The molecule has 7 nitrogen and oxygen atoms in total. The number of carbonyl (C=O) groups excluding carboxylic acids is 1. The Hall–Kier alpha value is -3.43. The normalized spacial score (nSPS) is 20.5. The van der Waals surface area contributed by atoms with E-state index in [1.165, 1.54) is 18.2 Å². The minimum atomic E-state index is -1.10. The van der Waals surface area contributed by atoms with E-state index in [0.717, 1.165) is 55.5 Å². The number of nitrogens with one attached hydrogen (secondary N) is 1. The Labute approximate surface area is 226 Å². The average Bonchev–Trinajstić information content (AvgIpc) is 3.37. The van der Waals surface area contributed by atoms with Gasteiger partial charge in [-0.15, -0.1) is 0 Å². The SMILES string of the molecule is O=C(CC1CCN(c2ccc3cc(F)ccc3c2)C1)NC(CN1CCC1)C(O)c1cc(F)c2c(c1)OCCO2. The number of likely N-dealkylation sites (tertiary alicyclic amines) is 1. The molecule has 2 N–H and O–H groups in total. The van der Waals surface area contributed by atoms with Crippen LogP contribution in [-0.4, -0.2) is 67.9 Å². The lowest BCUT2D eigenvalue weighted by atomic mass is 9.98. The fourth-order valence-electron chi connectivity index (χ4n) is 5.76. The van der Waals surface area contributed by atoms with Gasteiger partial charge >= 0.3 is 0 Å². The molecule has 0 radical (unpaired) electrons. The second-order valence-corrected chi connectivity index (χ2v) is 10.8. The summed E-state index contributed by atoms with van der Waals surface area (Å²) >= 11 is 0. The molecule has 39 heavy (non-hydrogen) atoms. The van der Waals surface area contributed by atoms with Crippen LogP contribution in [0.3, 0.4) is 0 Å². The van der Waals surface area contributed by atoms with E-state index in [-0.39, 0.29) is 35.7 Å². The summed E-state index contributed by atoms with van der Waals surface area (Å²) in [6.07, 6.45) is 1.20. The van der Waals surface area contributed by atoms with Crippen LogP contribution in [0, 0.1) is 17.6 Å². The number of ether oxygens (including phenoxy) is 2. The summed E-state index contributed by atoms with van der Waals surface area (Å²) in [4.78, 5) is 17.6. The largest absolute Gasteiger partial charge is 0.486 e. The Kier molecular flexibility index (Phi) is 7.27. The number of halogens is 2. The van der Waals surface area contributed by atoms with Crippen molar-refractivity contribution in [1.82, 2.24) is 10.2 Å². The third-order valence-electron chi connectivity index (χ3n) is 8.00. The first-order valence-electron chi connectivity index (χ1n) is 13.7. The van der Waals surface area contributed by atoms with E-state index >= 15 is 0 Å². The van der Waals surface area contributed by atoms with E-state index in [0.29, 0.717) is 25.1 Å². The molecule has 0 aromatic heterocycles. The van der Waals surface area contributed by atoms with Gasteiger partial charge in [0.25, 0.3) is 0 Å². The van der Waals surface area contributed by atoms with Crippen molar-refractivity contribution in [3.63, 3.8) is 0 Å². The monoisotopic (exact) mass is 537 g/mol. The summed E-state index contributed by atoms with van der Waals surface area (Å²) in [6, 6.07) is 13.0. The smallest absolute Gasteiger partial charge is 0.220 e. The molecule has 3 aromatic carbocycles. The average molecular weight is 538 g/mol. The minimum absolute atomic E-state index is 0.0601. The number of amides is 1. The Morgan fingerprint density at radius 2 is 1.82 bits per heavy atom. The third-order valence-corrected chi connectivity index (χ3v) is 8.00. The number of aliphatic hydroxyl groups excluding tert-OH is 1. The molecule has 3 aliphatic rings. The second-order valence-electron chi connectivity index (χ2n) is 10.8. The molecule has 3 aromatic rings. The molecular formula is C30H33F2N3O4. The predicted molar refractivity (Wildman–Crippen MR) is 144 cm³/mol. The molecule has 1 amide bonds. The van der Waals surface area contributed by atoms with Crippen molar-refractivity contribution >= 4 is 22.4 Å². The summed E-state index contributed by atoms with van der Waals surface area (Å²) < 4.78 is 39.1. The van der Waals surface area contributed by atoms with Crippen LogP contribution in [0.4, 0.5) is 14.5 Å². The number of fused-ring (bicyclic) bond motifs is 2. The molecule has 0 saturated carbocycles. The molecule has 3 heterocycles. The van der Waals surface area contributed by atoms with E-state index in [2.05, 4.69) is 21.2 Å². The van der Waals surface area contributed by atoms with Crippen LogP contribution < -0.4 is 19.7 Å². The van der Waals surface area contributed by atoms with Crippen molar-refractivity contribution in [2.45, 2.75) is 31.4 Å². The van der Waals surface area contributed by atoms with Gasteiger partial charge in [0, 0.05) is 31.7 Å². The van der Waals surface area contributed by atoms with Gasteiger partial charge in [-0.2, -0.15) is 0 Å². The summed E-state index contributed by atoms with van der Waals surface area (Å²) in [6.45, 7) is 4.47. The number of hydrogen-bond donors (Lipinski definition) is 2. The Morgan fingerprint density at radius 3 is 2.64 bits per heavy atom. The minimum Gasteiger partial charge on any atom is -0.486 e. The molecule has 3 aliphatic heterocycles. The molecule has 2 fully saturated rings. The number of aliphatic hydroxyl groups is 1. The molecule has 0 spiro atoms. The highest BCUT2D eigenvalue weighted by molar-refractivity contribution is 5.86. The van der Waals surface area contributed by atoms with Crippen LogP contribution in [0.1, 0.15) is 30.9 Å². The van der Waals surface area contributed by atoms with Gasteiger partial charge < -0.3 is 29.7 Å². The Balaban J connectivity index is 1.11. The van der Waals surface area contributed by atoms with Crippen LogP contribution in [0.2, 0.25) is 0 Å². The maximum Gasteiger partial charge on any atom is 0.220 e. The first-order valence-corrected chi connectivity index (χ1v) is 13.7. The molecular weight excluding hydrogens is 504 g/mol. The van der Waals surface area contributed by atoms with E-state index in [4.69, 9.17) is 9.47 Å². The quantitative estimate of drug-likeness (QED) is 0.452. The zero-order chi connectivity index (χ0) is 26.9. The van der Waals surface area contributed by atoms with E-state index < -0.39 is 18.0 Å². The van der Waals surface area contributed by atoms with Gasteiger partial charge in [0.2, 0.25) is 5.91 Å². The van der Waals surface area contributed by atoms with Crippen molar-refractivity contribution in [2.24, 2.45) is 5.92 Å². The predicted octanol–water partition coefficient (Wildman–Crippen LogP) is 4.03. The number of rotatable bonds is 8. The number of carbonyl (C=O) groups is 1. The molecule has 6 rings (SSSR count). The van der Waals surface area contributed by atoms with Crippen LogP contribution in [0.15, 0.2) is 48.5 Å². The summed E-state index contributed by atoms with van der Waals surface area (Å²) in [5.41, 5.74) is 1.41. The van der Waals surface area contributed by atoms with Gasteiger partial charge in [-0.25, -0.2) is 8.78 Å². The standard InChI is InChI=1S/C30H33F2N3O4/c31-23-4-2-21-14-24(5-3-20(21)13-23)35-9-6-19(17-35)12-28(36)33-26(18-34-7-1-8-34)29(37)22-15-25(32)30-27(16-22)38-10-11-39-30/h2-5,13-16,19,26,29,37H,1,6-12,17-18H2,(H,33,36). The van der Waals surface area contributed by atoms with Crippen molar-refractivity contribution < 1.29 is 28.2 Å². The van der Waals surface area contributed by atoms with Crippen molar-refractivity contribution in [3.05, 3.63) is 65.7 Å². The molecule has 9 heteroatoms. The number of hydrogen-bond acceptors (Lipinski definition) is 6. The lowest BCUT2D eigenvalue weighted by molar-refractivity contribution is -0.123. The van der Waals surface area contributed by atoms with Crippen LogP contribution in [0.5, 0.6) is 11.5 Å². The van der Waals surface area contributed by atoms with Crippen molar-refractivity contribution in [1.29, 1.82) is 0 Å². The molecule has 3 atom stereocenters. The molecule has 3 unspecified atom stereocenters.